The van der Waals surface area contributed by atoms with Gasteiger partial charge in [-0.05, 0) is 37.8 Å². The number of hydrogen-bond donors (Lipinski definition) is 2. The molecule has 0 unspecified atom stereocenters. The number of carbonyl (C=O) groups excluding carboxylic acids is 1. The van der Waals surface area contributed by atoms with E-state index in [-0.39, 0.29) is 17.2 Å². The second-order valence-corrected chi connectivity index (χ2v) is 5.00. The molecular weight excluding hydrogens is 244 g/mol. The van der Waals surface area contributed by atoms with Gasteiger partial charge in [0.15, 0.2) is 0 Å². The van der Waals surface area contributed by atoms with Crippen LogP contribution in [0, 0.1) is 12.8 Å². The molecule has 1 aliphatic carbocycles. The molecule has 0 radical (unpaired) electrons. The summed E-state index contributed by atoms with van der Waals surface area (Å²) in [7, 11) is 0. The smallest absolute Gasteiger partial charge is 0.337 e. The first kappa shape index (κ1) is 13.5. The van der Waals surface area contributed by atoms with Crippen LogP contribution in [0.4, 0.5) is 0 Å². The molecule has 1 saturated carbocycles. The summed E-state index contributed by atoms with van der Waals surface area (Å²) in [5.74, 6) is -0.682. The van der Waals surface area contributed by atoms with Crippen molar-refractivity contribution >= 4 is 11.9 Å². The normalized spacial score (nSPS) is 15.4. The van der Waals surface area contributed by atoms with Gasteiger partial charge in [0, 0.05) is 6.54 Å². The molecule has 1 heterocycles. The highest BCUT2D eigenvalue weighted by atomic mass is 16.4. The lowest BCUT2D eigenvalue weighted by molar-refractivity contribution is 0.0694. The minimum absolute atomic E-state index is 0.132. The maximum atomic E-state index is 11.9. The van der Waals surface area contributed by atoms with Crippen LogP contribution < -0.4 is 5.32 Å². The Balaban J connectivity index is 1.98. The van der Waals surface area contributed by atoms with Gasteiger partial charge in [-0.3, -0.25) is 4.79 Å². The molecule has 2 N–H and O–H groups in total. The van der Waals surface area contributed by atoms with Crippen LogP contribution in [0.2, 0.25) is 0 Å². The molecule has 1 aromatic rings. The first-order valence-electron chi connectivity index (χ1n) is 6.57. The fourth-order valence-electron chi connectivity index (χ4n) is 2.46. The van der Waals surface area contributed by atoms with Crippen molar-refractivity contribution in [2.45, 2.75) is 32.6 Å². The minimum Gasteiger partial charge on any atom is -0.478 e. The van der Waals surface area contributed by atoms with Gasteiger partial charge in [0.05, 0.1) is 11.3 Å². The summed E-state index contributed by atoms with van der Waals surface area (Å²) < 4.78 is 0. The number of pyridine rings is 1. The van der Waals surface area contributed by atoms with Gasteiger partial charge in [-0.25, -0.2) is 9.78 Å². The van der Waals surface area contributed by atoms with Gasteiger partial charge >= 0.3 is 5.97 Å². The number of aryl methyl sites for hydroxylation is 1. The van der Waals surface area contributed by atoms with Gasteiger partial charge in [-0.1, -0.05) is 12.8 Å². The molecule has 19 heavy (non-hydrogen) atoms. The molecule has 0 aromatic carbocycles. The number of carboxylic acid groups (broad SMARTS) is 1. The predicted octanol–water partition coefficient (Wildman–Crippen LogP) is 2.01. The monoisotopic (exact) mass is 262 g/mol. The predicted molar refractivity (Wildman–Crippen MR) is 70.2 cm³/mol. The molecule has 102 valence electrons. The van der Waals surface area contributed by atoms with E-state index in [0.717, 1.165) is 0 Å². The van der Waals surface area contributed by atoms with E-state index in [2.05, 4.69) is 10.3 Å². The van der Waals surface area contributed by atoms with E-state index in [4.69, 9.17) is 5.11 Å². The van der Waals surface area contributed by atoms with E-state index in [0.29, 0.717) is 18.2 Å². The Morgan fingerprint density at radius 1 is 1.37 bits per heavy atom. The van der Waals surface area contributed by atoms with Gasteiger partial charge in [-0.15, -0.1) is 0 Å². The summed E-state index contributed by atoms with van der Waals surface area (Å²) in [6.07, 6.45) is 4.83. The first-order valence-corrected chi connectivity index (χ1v) is 6.57. The van der Waals surface area contributed by atoms with E-state index < -0.39 is 5.97 Å². The summed E-state index contributed by atoms with van der Waals surface area (Å²) in [4.78, 5) is 26.8. The second-order valence-electron chi connectivity index (χ2n) is 5.00. The lowest BCUT2D eigenvalue weighted by Crippen LogP contribution is -2.29. The van der Waals surface area contributed by atoms with Crippen molar-refractivity contribution in [3.8, 4) is 0 Å². The molecule has 0 atom stereocenters. The molecule has 0 saturated heterocycles. The van der Waals surface area contributed by atoms with E-state index in [1.54, 1.807) is 6.92 Å². The highest BCUT2D eigenvalue weighted by molar-refractivity contribution is 5.94. The van der Waals surface area contributed by atoms with Crippen molar-refractivity contribution in [3.05, 3.63) is 29.1 Å². The lowest BCUT2D eigenvalue weighted by atomic mass is 10.1. The topological polar surface area (TPSA) is 79.3 Å². The summed E-state index contributed by atoms with van der Waals surface area (Å²) in [5.41, 5.74) is 0.772. The molecule has 1 fully saturated rings. The highest BCUT2D eigenvalue weighted by Gasteiger charge is 2.17. The summed E-state index contributed by atoms with van der Waals surface area (Å²) in [6, 6.07) is 2.88. The van der Waals surface area contributed by atoms with Gasteiger partial charge < -0.3 is 10.4 Å². The van der Waals surface area contributed by atoms with Crippen molar-refractivity contribution in [2.75, 3.05) is 6.54 Å². The zero-order chi connectivity index (χ0) is 13.8. The second kappa shape index (κ2) is 5.82. The molecule has 5 heteroatoms. The van der Waals surface area contributed by atoms with Gasteiger partial charge in [0.1, 0.15) is 5.69 Å². The molecule has 0 spiro atoms. The third-order valence-electron chi connectivity index (χ3n) is 3.57. The third-order valence-corrected chi connectivity index (χ3v) is 3.57. The molecule has 0 aliphatic heterocycles. The lowest BCUT2D eigenvalue weighted by Gasteiger charge is -2.10. The summed E-state index contributed by atoms with van der Waals surface area (Å²) >= 11 is 0. The Bertz CT molecular complexity index is 493. The van der Waals surface area contributed by atoms with Crippen LogP contribution in [0.3, 0.4) is 0 Å². The number of nitrogens with one attached hydrogen (secondary N) is 1. The zero-order valence-corrected chi connectivity index (χ0v) is 11.0. The number of aromatic nitrogens is 1. The maximum Gasteiger partial charge on any atom is 0.337 e. The maximum absolute atomic E-state index is 11.9. The third kappa shape index (κ3) is 3.30. The van der Waals surface area contributed by atoms with E-state index in [1.807, 2.05) is 0 Å². The van der Waals surface area contributed by atoms with Crippen LogP contribution in [-0.2, 0) is 0 Å². The number of amides is 1. The van der Waals surface area contributed by atoms with Crippen molar-refractivity contribution in [2.24, 2.45) is 5.92 Å². The van der Waals surface area contributed by atoms with Gasteiger partial charge in [0.2, 0.25) is 0 Å². The number of rotatable bonds is 4. The average Bonchev–Trinajstić information content (AvgIpc) is 2.88. The van der Waals surface area contributed by atoms with Crippen LogP contribution in [0.5, 0.6) is 0 Å². The largest absolute Gasteiger partial charge is 0.478 e. The van der Waals surface area contributed by atoms with Crippen LogP contribution in [0.25, 0.3) is 0 Å². The molecule has 0 bridgehead atoms. The van der Waals surface area contributed by atoms with Crippen molar-refractivity contribution < 1.29 is 14.7 Å². The molecule has 1 aliphatic rings. The van der Waals surface area contributed by atoms with Gasteiger partial charge in [-0.2, -0.15) is 0 Å². The highest BCUT2D eigenvalue weighted by Crippen LogP contribution is 2.23. The average molecular weight is 262 g/mol. The van der Waals surface area contributed by atoms with Crippen molar-refractivity contribution in [1.82, 2.24) is 10.3 Å². The van der Waals surface area contributed by atoms with E-state index in [1.165, 1.54) is 37.8 Å². The molecule has 1 amide bonds. The Kier molecular flexibility index (Phi) is 4.14. The van der Waals surface area contributed by atoms with Crippen LogP contribution in [0.15, 0.2) is 12.1 Å². The quantitative estimate of drug-likeness (QED) is 0.870. The molecule has 2 rings (SSSR count). The number of aromatic carboxylic acids is 1. The van der Waals surface area contributed by atoms with Crippen LogP contribution >= 0.6 is 0 Å². The number of nitrogens with zero attached hydrogens (tertiary/aromatic N) is 1. The van der Waals surface area contributed by atoms with Crippen molar-refractivity contribution in [3.63, 3.8) is 0 Å². The Labute approximate surface area is 112 Å². The SMILES string of the molecule is Cc1nc(C(=O)NCC2CCCC2)ccc1C(=O)O. The summed E-state index contributed by atoms with van der Waals surface area (Å²) in [6.45, 7) is 2.28. The Morgan fingerprint density at radius 2 is 2.05 bits per heavy atom. The number of carbonyl (C=O) groups is 2. The Morgan fingerprint density at radius 3 is 2.63 bits per heavy atom. The van der Waals surface area contributed by atoms with Crippen LogP contribution in [-0.4, -0.2) is 28.5 Å². The first-order chi connectivity index (χ1) is 9.08. The number of carboxylic acids is 1. The zero-order valence-electron chi connectivity index (χ0n) is 11.0. The van der Waals surface area contributed by atoms with Crippen molar-refractivity contribution in [1.29, 1.82) is 0 Å². The number of hydrogen-bond acceptors (Lipinski definition) is 3. The van der Waals surface area contributed by atoms with E-state index >= 15 is 0 Å². The van der Waals surface area contributed by atoms with E-state index in [9.17, 15) is 9.59 Å². The molecule has 5 nitrogen and oxygen atoms in total. The Hall–Kier alpha value is -1.91. The minimum atomic E-state index is -1.03. The fraction of sp³-hybridized carbons (Fsp3) is 0.500. The molecule has 1 aromatic heterocycles. The van der Waals surface area contributed by atoms with Crippen LogP contribution in [0.1, 0.15) is 52.2 Å². The molecular formula is C14H18N2O3. The standard InChI is InChI=1S/C14H18N2O3/c1-9-11(14(18)19)6-7-12(16-9)13(17)15-8-10-4-2-3-5-10/h6-7,10H,2-5,8H2,1H3,(H,15,17)(H,18,19). The van der Waals surface area contributed by atoms with Gasteiger partial charge in [0.25, 0.3) is 5.91 Å². The fourth-order valence-corrected chi connectivity index (χ4v) is 2.46. The summed E-state index contributed by atoms with van der Waals surface area (Å²) in [5, 5.41) is 11.8.